The summed E-state index contributed by atoms with van der Waals surface area (Å²) in [6, 6.07) is 0. The maximum absolute atomic E-state index is 9.17. The van der Waals surface area contributed by atoms with Gasteiger partial charge in [0.15, 0.2) is 0 Å². The second-order valence-electron chi connectivity index (χ2n) is 5.43. The van der Waals surface area contributed by atoms with Crippen molar-refractivity contribution in [3.63, 3.8) is 0 Å². The normalized spacial score (nSPS) is 13.0. The summed E-state index contributed by atoms with van der Waals surface area (Å²) in [6.07, 6.45) is 1.80. The first kappa shape index (κ1) is 15.0. The summed E-state index contributed by atoms with van der Waals surface area (Å²) < 4.78 is 1.74. The summed E-state index contributed by atoms with van der Waals surface area (Å²) in [7, 11) is 0. The topological polar surface area (TPSA) is 103 Å². The zero-order chi connectivity index (χ0) is 13.8. The van der Waals surface area contributed by atoms with E-state index in [9.17, 15) is 0 Å². The molecular weight excluding hydrogens is 236 g/mol. The Balaban J connectivity index is 2.66. The van der Waals surface area contributed by atoms with Crippen molar-refractivity contribution in [2.75, 3.05) is 19.8 Å². The van der Waals surface area contributed by atoms with Crippen molar-refractivity contribution in [3.05, 3.63) is 11.9 Å². The van der Waals surface area contributed by atoms with E-state index in [0.717, 1.165) is 0 Å². The van der Waals surface area contributed by atoms with Crippen LogP contribution in [0.25, 0.3) is 0 Å². The number of nitrogens with zero attached hydrogens (tertiary/aromatic N) is 3. The van der Waals surface area contributed by atoms with Gasteiger partial charge in [-0.2, -0.15) is 0 Å². The van der Waals surface area contributed by atoms with E-state index in [4.69, 9.17) is 15.3 Å². The van der Waals surface area contributed by atoms with E-state index < -0.39 is 5.54 Å². The van der Waals surface area contributed by atoms with Crippen LogP contribution in [0, 0.1) is 0 Å². The van der Waals surface area contributed by atoms with Gasteiger partial charge in [0.2, 0.25) is 0 Å². The summed E-state index contributed by atoms with van der Waals surface area (Å²) >= 11 is 0. The number of aliphatic hydroxyl groups is 3. The van der Waals surface area contributed by atoms with E-state index >= 15 is 0 Å². The van der Waals surface area contributed by atoms with Gasteiger partial charge in [-0.15, -0.1) is 5.10 Å². The van der Waals surface area contributed by atoms with Crippen LogP contribution in [0.4, 0.5) is 0 Å². The lowest BCUT2D eigenvalue weighted by Crippen LogP contribution is -2.54. The highest BCUT2D eigenvalue weighted by Crippen LogP contribution is 2.12. The van der Waals surface area contributed by atoms with E-state index in [0.29, 0.717) is 12.2 Å². The number of hydrogen-bond donors (Lipinski definition) is 4. The van der Waals surface area contributed by atoms with Crippen LogP contribution in [0.2, 0.25) is 0 Å². The first-order valence-electron chi connectivity index (χ1n) is 5.86. The SMILES string of the molecule is CC(C)(C)n1cc(CNC(CO)(CO)CO)nn1. The van der Waals surface area contributed by atoms with Crippen molar-refractivity contribution in [1.29, 1.82) is 0 Å². The van der Waals surface area contributed by atoms with Crippen LogP contribution in [0.5, 0.6) is 0 Å². The van der Waals surface area contributed by atoms with Crippen molar-refractivity contribution in [1.82, 2.24) is 20.3 Å². The van der Waals surface area contributed by atoms with Crippen LogP contribution in [-0.4, -0.2) is 55.7 Å². The minimum Gasteiger partial charge on any atom is -0.394 e. The quantitative estimate of drug-likeness (QED) is 0.513. The van der Waals surface area contributed by atoms with Gasteiger partial charge in [0.05, 0.1) is 42.8 Å². The molecular formula is C11H22N4O3. The van der Waals surface area contributed by atoms with Crippen LogP contribution in [-0.2, 0) is 12.1 Å². The van der Waals surface area contributed by atoms with Crippen molar-refractivity contribution >= 4 is 0 Å². The number of aromatic nitrogens is 3. The first-order valence-corrected chi connectivity index (χ1v) is 5.86. The zero-order valence-electron chi connectivity index (χ0n) is 11.1. The highest BCUT2D eigenvalue weighted by Gasteiger charge is 2.27. The Bertz CT molecular complexity index is 360. The summed E-state index contributed by atoms with van der Waals surface area (Å²) in [5.41, 5.74) is -0.552. The van der Waals surface area contributed by atoms with Gasteiger partial charge >= 0.3 is 0 Å². The van der Waals surface area contributed by atoms with Crippen molar-refractivity contribution in [2.24, 2.45) is 0 Å². The molecule has 0 fully saturated rings. The molecule has 104 valence electrons. The Morgan fingerprint density at radius 3 is 2.11 bits per heavy atom. The Labute approximate surface area is 106 Å². The molecule has 1 aromatic rings. The van der Waals surface area contributed by atoms with Gasteiger partial charge in [0.1, 0.15) is 0 Å². The molecule has 0 saturated carbocycles. The van der Waals surface area contributed by atoms with Gasteiger partial charge in [0, 0.05) is 6.54 Å². The molecule has 0 saturated heterocycles. The molecule has 7 nitrogen and oxygen atoms in total. The molecule has 0 radical (unpaired) electrons. The Morgan fingerprint density at radius 2 is 1.72 bits per heavy atom. The molecule has 1 aromatic heterocycles. The summed E-state index contributed by atoms with van der Waals surface area (Å²) in [5, 5.41) is 38.4. The standard InChI is InChI=1S/C11H22N4O3/c1-10(2,3)15-5-9(13-14-15)4-12-11(6-16,7-17)8-18/h5,12,16-18H,4,6-8H2,1-3H3. The highest BCUT2D eigenvalue weighted by molar-refractivity contribution is 4.97. The molecule has 0 aliphatic carbocycles. The van der Waals surface area contributed by atoms with E-state index in [1.165, 1.54) is 0 Å². The third-order valence-electron chi connectivity index (χ3n) is 2.78. The maximum Gasteiger partial charge on any atom is 0.0965 e. The third kappa shape index (κ3) is 3.49. The van der Waals surface area contributed by atoms with Crippen LogP contribution in [0.15, 0.2) is 6.20 Å². The average molecular weight is 258 g/mol. The van der Waals surface area contributed by atoms with Gasteiger partial charge in [-0.3, -0.25) is 5.32 Å². The first-order chi connectivity index (χ1) is 8.37. The van der Waals surface area contributed by atoms with Crippen LogP contribution < -0.4 is 5.32 Å². The molecule has 18 heavy (non-hydrogen) atoms. The van der Waals surface area contributed by atoms with E-state index in [1.807, 2.05) is 20.8 Å². The number of rotatable bonds is 6. The lowest BCUT2D eigenvalue weighted by molar-refractivity contribution is 0.0411. The lowest BCUT2D eigenvalue weighted by atomic mass is 10.0. The predicted molar refractivity (Wildman–Crippen MR) is 65.8 cm³/mol. The molecule has 0 aliphatic rings. The molecule has 0 atom stereocenters. The Kier molecular flexibility index (Phi) is 4.80. The fraction of sp³-hybridized carbons (Fsp3) is 0.818. The van der Waals surface area contributed by atoms with Gasteiger partial charge < -0.3 is 15.3 Å². The molecule has 0 aromatic carbocycles. The molecule has 1 rings (SSSR count). The Morgan fingerprint density at radius 1 is 1.17 bits per heavy atom. The average Bonchev–Trinajstić information content (AvgIpc) is 2.80. The Hall–Kier alpha value is -1.02. The number of hydrogen-bond acceptors (Lipinski definition) is 6. The van der Waals surface area contributed by atoms with Crippen LogP contribution in [0.3, 0.4) is 0 Å². The van der Waals surface area contributed by atoms with Gasteiger partial charge in [-0.1, -0.05) is 5.21 Å². The van der Waals surface area contributed by atoms with Gasteiger partial charge in [-0.05, 0) is 20.8 Å². The van der Waals surface area contributed by atoms with E-state index in [1.54, 1.807) is 10.9 Å². The van der Waals surface area contributed by atoms with E-state index in [-0.39, 0.29) is 25.4 Å². The maximum atomic E-state index is 9.17. The van der Waals surface area contributed by atoms with Crippen molar-refractivity contribution in [3.8, 4) is 0 Å². The molecule has 0 bridgehead atoms. The minimum absolute atomic E-state index is 0.146. The molecule has 0 amide bonds. The van der Waals surface area contributed by atoms with Crippen molar-refractivity contribution in [2.45, 2.75) is 38.4 Å². The molecule has 0 spiro atoms. The molecule has 0 unspecified atom stereocenters. The minimum atomic E-state index is -1.09. The lowest BCUT2D eigenvalue weighted by Gasteiger charge is -2.28. The summed E-state index contributed by atoms with van der Waals surface area (Å²) in [5.74, 6) is 0. The largest absolute Gasteiger partial charge is 0.394 e. The van der Waals surface area contributed by atoms with Crippen LogP contribution >= 0.6 is 0 Å². The number of aliphatic hydroxyl groups excluding tert-OH is 3. The molecule has 4 N–H and O–H groups in total. The highest BCUT2D eigenvalue weighted by atomic mass is 16.3. The van der Waals surface area contributed by atoms with Crippen molar-refractivity contribution < 1.29 is 15.3 Å². The second-order valence-corrected chi connectivity index (χ2v) is 5.43. The predicted octanol–water partition coefficient (Wildman–Crippen LogP) is -1.16. The fourth-order valence-corrected chi connectivity index (χ4v) is 1.30. The van der Waals surface area contributed by atoms with Gasteiger partial charge in [0.25, 0.3) is 0 Å². The van der Waals surface area contributed by atoms with Gasteiger partial charge in [-0.25, -0.2) is 4.68 Å². The zero-order valence-corrected chi connectivity index (χ0v) is 11.1. The van der Waals surface area contributed by atoms with Crippen LogP contribution in [0.1, 0.15) is 26.5 Å². The summed E-state index contributed by atoms with van der Waals surface area (Å²) in [4.78, 5) is 0. The smallest absolute Gasteiger partial charge is 0.0965 e. The summed E-state index contributed by atoms with van der Waals surface area (Å²) in [6.45, 7) is 5.29. The monoisotopic (exact) mass is 258 g/mol. The fourth-order valence-electron chi connectivity index (χ4n) is 1.30. The second kappa shape index (κ2) is 5.75. The number of nitrogens with one attached hydrogen (secondary N) is 1. The molecule has 0 aliphatic heterocycles. The molecule has 7 heteroatoms. The third-order valence-corrected chi connectivity index (χ3v) is 2.78. The van der Waals surface area contributed by atoms with E-state index in [2.05, 4.69) is 15.6 Å². The molecule has 1 heterocycles.